The lowest BCUT2D eigenvalue weighted by Gasteiger charge is -2.40. The van der Waals surface area contributed by atoms with Crippen molar-refractivity contribution < 1.29 is 9.72 Å². The number of nitrogens with zero attached hydrogens (tertiary/aromatic N) is 2. The van der Waals surface area contributed by atoms with Gasteiger partial charge in [-0.05, 0) is 93.3 Å². The van der Waals surface area contributed by atoms with Crippen LogP contribution in [0.1, 0.15) is 102 Å². The van der Waals surface area contributed by atoms with Gasteiger partial charge >= 0.3 is 0 Å². The number of carbonyl (C=O) groups is 1. The third-order valence-corrected chi connectivity index (χ3v) is 11.7. The van der Waals surface area contributed by atoms with Crippen LogP contribution in [0.5, 0.6) is 0 Å². The van der Waals surface area contributed by atoms with Gasteiger partial charge in [-0.3, -0.25) is 14.9 Å². The van der Waals surface area contributed by atoms with Gasteiger partial charge in [-0.25, -0.2) is 0 Å². The summed E-state index contributed by atoms with van der Waals surface area (Å²) < 4.78 is 0. The topological polar surface area (TPSA) is 63.5 Å². The Kier molecular flexibility index (Phi) is 9.40. The maximum atomic E-state index is 14.2. The number of nitro benzene ring substituents is 1. The lowest BCUT2D eigenvalue weighted by atomic mass is 9.99. The average molecular weight is 523 g/mol. The lowest BCUT2D eigenvalue weighted by Crippen LogP contribution is -2.44. The minimum atomic E-state index is -0.517. The van der Waals surface area contributed by atoms with Gasteiger partial charge in [0.25, 0.3) is 11.6 Å². The molecule has 2 fully saturated rings. The largest absolute Gasteiger partial charge is 0.334 e. The van der Waals surface area contributed by atoms with E-state index in [1.165, 1.54) is 69.5 Å². The molecule has 1 amide bonds. The fourth-order valence-electron chi connectivity index (χ4n) is 6.52. The Labute approximate surface area is 223 Å². The zero-order valence-corrected chi connectivity index (χ0v) is 23.9. The number of non-ortho nitro benzene ring substituents is 1. The summed E-state index contributed by atoms with van der Waals surface area (Å²) in [5, 5.41) is 12.7. The Morgan fingerprint density at radius 2 is 1.38 bits per heavy atom. The molecule has 37 heavy (non-hydrogen) atoms. The molecule has 2 saturated carbocycles. The number of nitro groups is 1. The molecule has 2 aliphatic carbocycles. The molecule has 0 N–H and O–H groups in total. The van der Waals surface area contributed by atoms with Crippen LogP contribution in [0.3, 0.4) is 0 Å². The molecule has 6 heteroatoms. The summed E-state index contributed by atoms with van der Waals surface area (Å²) >= 11 is 0. The zero-order valence-electron chi connectivity index (χ0n) is 23.0. The van der Waals surface area contributed by atoms with Gasteiger partial charge in [-0.15, -0.1) is 0 Å². The molecule has 0 atom stereocenters. The first kappa shape index (κ1) is 27.8. The number of hydrogen-bond acceptors (Lipinski definition) is 3. The number of amides is 1. The third-order valence-electron chi connectivity index (χ3n) is 8.18. The van der Waals surface area contributed by atoms with Crippen molar-refractivity contribution in [2.45, 2.75) is 115 Å². The van der Waals surface area contributed by atoms with Gasteiger partial charge in [0.05, 0.1) is 4.92 Å². The number of benzene rings is 2. The highest BCUT2D eigenvalue weighted by Crippen LogP contribution is 2.55. The summed E-state index contributed by atoms with van der Waals surface area (Å²) in [4.78, 5) is 27.3. The molecule has 4 rings (SSSR count). The van der Waals surface area contributed by atoms with Gasteiger partial charge in [0.2, 0.25) is 0 Å². The van der Waals surface area contributed by atoms with E-state index >= 15 is 0 Å². The van der Waals surface area contributed by atoms with Crippen LogP contribution in [0, 0.1) is 10.1 Å². The fourth-order valence-corrected chi connectivity index (χ4v) is 10.5. The van der Waals surface area contributed by atoms with Gasteiger partial charge in [0, 0.05) is 29.8 Å². The van der Waals surface area contributed by atoms with Crippen molar-refractivity contribution in [2.24, 2.45) is 0 Å². The highest BCUT2D eigenvalue weighted by molar-refractivity contribution is 7.67. The summed E-state index contributed by atoms with van der Waals surface area (Å²) in [6, 6.07) is 13.4. The maximum Gasteiger partial charge on any atom is 0.270 e. The van der Waals surface area contributed by atoms with Crippen molar-refractivity contribution in [3.63, 3.8) is 0 Å². The standard InChI is InChI=1S/C31H43N2O3P/c1-22(2)32(23(3)4)31(34)29-19-18-25(24-12-11-13-26(20-24)33(35)36)21-30(29)37(27-14-7-5-8-15-27)28-16-9-6-10-17-28/h11-13,18-23,27-28H,5-10,14-17H2,1-4H3. The molecule has 0 heterocycles. The fraction of sp³-hybridized carbons (Fsp3) is 0.581. The third kappa shape index (κ3) is 6.42. The highest BCUT2D eigenvalue weighted by Gasteiger charge is 2.36. The van der Waals surface area contributed by atoms with E-state index in [1.54, 1.807) is 18.2 Å². The Bertz CT molecular complexity index is 1060. The van der Waals surface area contributed by atoms with Crippen molar-refractivity contribution in [3.05, 3.63) is 58.1 Å². The van der Waals surface area contributed by atoms with Gasteiger partial charge in [0.1, 0.15) is 0 Å². The Morgan fingerprint density at radius 3 is 1.89 bits per heavy atom. The predicted molar refractivity (Wildman–Crippen MR) is 155 cm³/mol. The molecule has 0 aliphatic heterocycles. The summed E-state index contributed by atoms with van der Waals surface area (Å²) in [5.74, 6) is 0.129. The first-order valence-corrected chi connectivity index (χ1v) is 15.8. The smallest absolute Gasteiger partial charge is 0.270 e. The van der Waals surface area contributed by atoms with Crippen molar-refractivity contribution in [1.29, 1.82) is 0 Å². The molecule has 0 spiro atoms. The maximum absolute atomic E-state index is 14.2. The van der Waals surface area contributed by atoms with Crippen LogP contribution < -0.4 is 5.30 Å². The molecule has 2 aromatic carbocycles. The molecule has 5 nitrogen and oxygen atoms in total. The van der Waals surface area contributed by atoms with Crippen LogP contribution in [-0.4, -0.2) is 39.1 Å². The van der Waals surface area contributed by atoms with Crippen molar-refractivity contribution in [1.82, 2.24) is 4.90 Å². The van der Waals surface area contributed by atoms with E-state index < -0.39 is 7.92 Å². The lowest BCUT2D eigenvalue weighted by molar-refractivity contribution is -0.384. The Morgan fingerprint density at radius 1 is 0.838 bits per heavy atom. The first-order valence-electron chi connectivity index (χ1n) is 14.3. The number of hydrogen-bond donors (Lipinski definition) is 0. The van der Waals surface area contributed by atoms with E-state index in [9.17, 15) is 14.9 Å². The molecular weight excluding hydrogens is 479 g/mol. The van der Waals surface area contributed by atoms with E-state index in [0.29, 0.717) is 11.3 Å². The Balaban J connectivity index is 1.87. The SMILES string of the molecule is CC(C)N(C(=O)c1ccc(-c2cccc([N+](=O)[O-])c2)cc1P(C1CCCCC1)C1CCCCC1)C(C)C. The molecular formula is C31H43N2O3P. The molecule has 0 bridgehead atoms. The van der Waals surface area contributed by atoms with Crippen LogP contribution in [0.25, 0.3) is 11.1 Å². The highest BCUT2D eigenvalue weighted by atomic mass is 31.1. The van der Waals surface area contributed by atoms with Gasteiger partial charge < -0.3 is 4.90 Å². The van der Waals surface area contributed by atoms with Gasteiger partial charge in [-0.1, -0.05) is 64.6 Å². The molecule has 0 aromatic heterocycles. The van der Waals surface area contributed by atoms with E-state index in [2.05, 4.69) is 33.8 Å². The summed E-state index contributed by atoms with van der Waals surface area (Å²) in [7, 11) is -0.517. The molecule has 2 aliphatic rings. The van der Waals surface area contributed by atoms with Crippen LogP contribution in [0.2, 0.25) is 0 Å². The summed E-state index contributed by atoms with van der Waals surface area (Å²) in [6.07, 6.45) is 12.8. The summed E-state index contributed by atoms with van der Waals surface area (Å²) in [6.45, 7) is 8.39. The number of rotatable bonds is 8. The number of carbonyl (C=O) groups excluding carboxylic acids is 1. The van der Waals surface area contributed by atoms with E-state index in [-0.39, 0.29) is 28.6 Å². The van der Waals surface area contributed by atoms with E-state index in [1.807, 2.05) is 23.1 Å². The molecule has 0 unspecified atom stereocenters. The minimum absolute atomic E-state index is 0.104. The molecule has 200 valence electrons. The zero-order chi connectivity index (χ0) is 26.5. The van der Waals surface area contributed by atoms with Crippen molar-refractivity contribution >= 4 is 24.8 Å². The van der Waals surface area contributed by atoms with Crippen molar-refractivity contribution in [2.75, 3.05) is 0 Å². The second kappa shape index (κ2) is 12.5. The van der Waals surface area contributed by atoms with Crippen LogP contribution in [0.15, 0.2) is 42.5 Å². The van der Waals surface area contributed by atoms with Crippen LogP contribution in [0.4, 0.5) is 5.69 Å². The minimum Gasteiger partial charge on any atom is -0.334 e. The van der Waals surface area contributed by atoms with Gasteiger partial charge in [0.15, 0.2) is 0 Å². The van der Waals surface area contributed by atoms with Crippen LogP contribution >= 0.6 is 7.92 Å². The van der Waals surface area contributed by atoms with E-state index in [0.717, 1.165) is 16.7 Å². The van der Waals surface area contributed by atoms with Gasteiger partial charge in [-0.2, -0.15) is 0 Å². The molecule has 2 aromatic rings. The Hall–Kier alpha value is -2.26. The monoisotopic (exact) mass is 522 g/mol. The molecule has 0 saturated heterocycles. The predicted octanol–water partition coefficient (Wildman–Crippen LogP) is 8.29. The first-order chi connectivity index (χ1) is 17.8. The van der Waals surface area contributed by atoms with Crippen molar-refractivity contribution in [3.8, 4) is 11.1 Å². The normalized spacial score (nSPS) is 17.5. The average Bonchev–Trinajstić information content (AvgIpc) is 2.89. The second-order valence-corrected chi connectivity index (χ2v) is 14.2. The second-order valence-electron chi connectivity index (χ2n) is 11.4. The van der Waals surface area contributed by atoms with E-state index in [4.69, 9.17) is 0 Å². The summed E-state index contributed by atoms with van der Waals surface area (Å²) in [5.41, 5.74) is 4.11. The quantitative estimate of drug-likeness (QED) is 0.199. The molecule has 0 radical (unpaired) electrons. The van der Waals surface area contributed by atoms with Crippen LogP contribution in [-0.2, 0) is 0 Å².